The van der Waals surface area contributed by atoms with E-state index >= 15 is 0 Å². The number of methoxy groups -OCH3 is 1. The van der Waals surface area contributed by atoms with Crippen LogP contribution in [0, 0.1) is 0 Å². The third-order valence-corrected chi connectivity index (χ3v) is 5.09. The van der Waals surface area contributed by atoms with Crippen molar-refractivity contribution in [1.82, 2.24) is 4.90 Å². The second-order valence-corrected chi connectivity index (χ2v) is 7.32. The molecule has 0 fully saturated rings. The number of hydrogen-bond donors (Lipinski definition) is 1. The van der Waals surface area contributed by atoms with Crippen molar-refractivity contribution < 1.29 is 18.7 Å². The number of nitrogens with one attached hydrogen (secondary N) is 1. The normalized spacial score (nSPS) is 13.7. The second-order valence-electron chi connectivity index (χ2n) is 7.32. The summed E-state index contributed by atoms with van der Waals surface area (Å²) in [5, 5.41) is 3.16. The molecule has 7 nitrogen and oxygen atoms in total. The van der Waals surface area contributed by atoms with Gasteiger partial charge in [0, 0.05) is 25.5 Å². The smallest absolute Gasteiger partial charge is 0.278 e. The van der Waals surface area contributed by atoms with E-state index in [4.69, 9.17) is 9.15 Å². The first kappa shape index (κ1) is 20.3. The molecule has 0 atom stereocenters. The average Bonchev–Trinajstić information content (AvgIpc) is 3.37. The Morgan fingerprint density at radius 2 is 1.68 bits per heavy atom. The quantitative estimate of drug-likeness (QED) is 0.590. The predicted octanol–water partition coefficient (Wildman–Crippen LogP) is 3.75. The zero-order chi connectivity index (χ0) is 22.0. The van der Waals surface area contributed by atoms with Gasteiger partial charge in [0.2, 0.25) is 0 Å². The Labute approximate surface area is 180 Å². The Kier molecular flexibility index (Phi) is 5.49. The van der Waals surface area contributed by atoms with E-state index in [0.717, 1.165) is 5.69 Å². The first-order chi connectivity index (χ1) is 15.0. The van der Waals surface area contributed by atoms with Crippen LogP contribution in [0.25, 0.3) is 5.57 Å². The molecule has 0 aliphatic carbocycles. The van der Waals surface area contributed by atoms with Gasteiger partial charge >= 0.3 is 0 Å². The number of carbonyl (C=O) groups is 2. The van der Waals surface area contributed by atoms with Crippen molar-refractivity contribution in [3.63, 3.8) is 0 Å². The number of furan rings is 1. The fraction of sp³-hybridized carbons (Fsp3) is 0.167. The molecule has 0 radical (unpaired) electrons. The number of nitrogens with zero attached hydrogens (tertiary/aromatic N) is 2. The monoisotopic (exact) mass is 417 g/mol. The zero-order valence-electron chi connectivity index (χ0n) is 17.6. The van der Waals surface area contributed by atoms with Crippen molar-refractivity contribution in [2.24, 2.45) is 0 Å². The van der Waals surface area contributed by atoms with E-state index in [1.165, 1.54) is 11.2 Å². The number of amides is 2. The molecule has 0 bridgehead atoms. The van der Waals surface area contributed by atoms with E-state index in [1.807, 2.05) is 43.3 Å². The lowest BCUT2D eigenvalue weighted by molar-refractivity contribution is -0.137. The summed E-state index contributed by atoms with van der Waals surface area (Å²) in [6.45, 7) is 0.0646. The number of imide groups is 1. The summed E-state index contributed by atoms with van der Waals surface area (Å²) in [4.78, 5) is 29.7. The molecular weight excluding hydrogens is 394 g/mol. The van der Waals surface area contributed by atoms with Crippen molar-refractivity contribution in [2.45, 2.75) is 6.54 Å². The molecule has 0 spiro atoms. The van der Waals surface area contributed by atoms with E-state index in [-0.39, 0.29) is 18.1 Å². The SMILES string of the molecule is COc1ccc(C2=C(Nc3ccc(N(C)C)cc3)C(=O)N(Cc3ccco3)C2=O)cc1. The number of ether oxygens (including phenoxy) is 1. The standard InChI is InChI=1S/C24H23N3O4/c1-26(2)18-10-8-17(9-11-18)25-22-21(16-6-12-19(30-3)13-7-16)23(28)27(24(22)29)15-20-5-4-14-31-20/h4-14,25H,15H2,1-3H3. The molecule has 3 aromatic rings. The van der Waals surface area contributed by atoms with Gasteiger partial charge in [-0.25, -0.2) is 0 Å². The lowest BCUT2D eigenvalue weighted by Crippen LogP contribution is -2.31. The molecule has 0 unspecified atom stereocenters. The summed E-state index contributed by atoms with van der Waals surface area (Å²) in [5.41, 5.74) is 2.93. The minimum absolute atomic E-state index is 0.0646. The number of benzene rings is 2. The maximum absolute atomic E-state index is 13.3. The summed E-state index contributed by atoms with van der Waals surface area (Å²) in [6, 6.07) is 18.2. The van der Waals surface area contributed by atoms with Gasteiger partial charge in [-0.3, -0.25) is 14.5 Å². The third-order valence-electron chi connectivity index (χ3n) is 5.09. The number of hydrogen-bond acceptors (Lipinski definition) is 6. The maximum Gasteiger partial charge on any atom is 0.278 e. The molecule has 2 amide bonds. The third kappa shape index (κ3) is 4.02. The molecule has 1 aromatic heterocycles. The Bertz CT molecular complexity index is 1110. The molecule has 0 saturated carbocycles. The molecule has 1 N–H and O–H groups in total. The van der Waals surface area contributed by atoms with Gasteiger partial charge in [0.25, 0.3) is 11.8 Å². The van der Waals surface area contributed by atoms with E-state index in [0.29, 0.717) is 28.3 Å². The van der Waals surface area contributed by atoms with Gasteiger partial charge in [0.1, 0.15) is 17.2 Å². The minimum atomic E-state index is -0.399. The molecule has 1 aliphatic heterocycles. The second kappa shape index (κ2) is 8.39. The molecule has 7 heteroatoms. The number of anilines is 2. The van der Waals surface area contributed by atoms with Crippen molar-refractivity contribution in [2.75, 3.05) is 31.4 Å². The summed E-state index contributed by atoms with van der Waals surface area (Å²) in [7, 11) is 5.49. The highest BCUT2D eigenvalue weighted by molar-refractivity contribution is 6.36. The highest BCUT2D eigenvalue weighted by atomic mass is 16.5. The van der Waals surface area contributed by atoms with E-state index in [9.17, 15) is 9.59 Å². The van der Waals surface area contributed by atoms with Crippen LogP contribution in [0.1, 0.15) is 11.3 Å². The van der Waals surface area contributed by atoms with Gasteiger partial charge < -0.3 is 19.4 Å². The molecule has 31 heavy (non-hydrogen) atoms. The number of rotatable bonds is 7. The van der Waals surface area contributed by atoms with Crippen LogP contribution in [0.5, 0.6) is 5.75 Å². The van der Waals surface area contributed by atoms with Crippen LogP contribution in [-0.2, 0) is 16.1 Å². The topological polar surface area (TPSA) is 75.0 Å². The lowest BCUT2D eigenvalue weighted by atomic mass is 10.0. The molecule has 0 saturated heterocycles. The summed E-state index contributed by atoms with van der Waals surface area (Å²) >= 11 is 0. The minimum Gasteiger partial charge on any atom is -0.497 e. The van der Waals surface area contributed by atoms with Gasteiger partial charge in [0.15, 0.2) is 0 Å². The van der Waals surface area contributed by atoms with E-state index < -0.39 is 5.91 Å². The van der Waals surface area contributed by atoms with E-state index in [1.54, 1.807) is 43.5 Å². The largest absolute Gasteiger partial charge is 0.497 e. The molecule has 4 rings (SSSR count). The van der Waals surface area contributed by atoms with Crippen LogP contribution in [0.15, 0.2) is 77.0 Å². The summed E-state index contributed by atoms with van der Waals surface area (Å²) in [5.74, 6) is 0.428. The highest BCUT2D eigenvalue weighted by Gasteiger charge is 2.39. The van der Waals surface area contributed by atoms with Crippen LogP contribution < -0.4 is 15.0 Å². The van der Waals surface area contributed by atoms with Crippen molar-refractivity contribution in [1.29, 1.82) is 0 Å². The first-order valence-corrected chi connectivity index (χ1v) is 9.79. The van der Waals surface area contributed by atoms with E-state index in [2.05, 4.69) is 5.32 Å². The van der Waals surface area contributed by atoms with Crippen LogP contribution in [0.4, 0.5) is 11.4 Å². The maximum atomic E-state index is 13.3. The van der Waals surface area contributed by atoms with Crippen LogP contribution in [0.3, 0.4) is 0 Å². The Morgan fingerprint density at radius 3 is 2.26 bits per heavy atom. The number of carbonyl (C=O) groups excluding carboxylic acids is 2. The van der Waals surface area contributed by atoms with Crippen molar-refractivity contribution in [3.8, 4) is 5.75 Å². The fourth-order valence-corrected chi connectivity index (χ4v) is 3.41. The fourth-order valence-electron chi connectivity index (χ4n) is 3.41. The van der Waals surface area contributed by atoms with Gasteiger partial charge in [-0.05, 0) is 54.1 Å². The predicted molar refractivity (Wildman–Crippen MR) is 119 cm³/mol. The zero-order valence-corrected chi connectivity index (χ0v) is 17.6. The highest BCUT2D eigenvalue weighted by Crippen LogP contribution is 2.32. The van der Waals surface area contributed by atoms with Crippen molar-refractivity contribution in [3.05, 3.63) is 83.9 Å². The molecule has 158 valence electrons. The van der Waals surface area contributed by atoms with Gasteiger partial charge in [-0.2, -0.15) is 0 Å². The molecule has 2 aromatic carbocycles. The Morgan fingerprint density at radius 1 is 0.968 bits per heavy atom. The Hall–Kier alpha value is -4.00. The van der Waals surface area contributed by atoms with Gasteiger partial charge in [-0.15, -0.1) is 0 Å². The van der Waals surface area contributed by atoms with Crippen LogP contribution >= 0.6 is 0 Å². The Balaban J connectivity index is 1.71. The summed E-state index contributed by atoms with van der Waals surface area (Å²) in [6.07, 6.45) is 1.52. The van der Waals surface area contributed by atoms with Crippen LogP contribution in [0.2, 0.25) is 0 Å². The van der Waals surface area contributed by atoms with Gasteiger partial charge in [0.05, 0.1) is 25.5 Å². The first-order valence-electron chi connectivity index (χ1n) is 9.79. The average molecular weight is 417 g/mol. The molecule has 1 aliphatic rings. The van der Waals surface area contributed by atoms with Crippen molar-refractivity contribution >= 4 is 28.8 Å². The molecule has 2 heterocycles. The van der Waals surface area contributed by atoms with Crippen LogP contribution in [-0.4, -0.2) is 37.9 Å². The lowest BCUT2D eigenvalue weighted by Gasteiger charge is -2.15. The summed E-state index contributed by atoms with van der Waals surface area (Å²) < 4.78 is 10.6. The van der Waals surface area contributed by atoms with Gasteiger partial charge in [-0.1, -0.05) is 12.1 Å². The molecular formula is C24H23N3O4.